The SMILES string of the molecule is CC[C@H](NC(=O)c1ccccc1)c1cc2ccccc2n1C. The number of aromatic nitrogens is 1. The zero-order valence-electron chi connectivity index (χ0n) is 12.9. The molecule has 3 aromatic rings. The van der Waals surface area contributed by atoms with Crippen molar-refractivity contribution >= 4 is 16.8 Å². The Morgan fingerprint density at radius 2 is 1.77 bits per heavy atom. The molecule has 0 saturated heterocycles. The molecule has 0 unspecified atom stereocenters. The van der Waals surface area contributed by atoms with E-state index in [1.54, 1.807) is 0 Å². The molecule has 0 radical (unpaired) electrons. The van der Waals surface area contributed by atoms with Gasteiger partial charge in [0.05, 0.1) is 6.04 Å². The zero-order valence-corrected chi connectivity index (χ0v) is 12.9. The first-order valence-electron chi connectivity index (χ1n) is 7.61. The van der Waals surface area contributed by atoms with Crippen LogP contribution >= 0.6 is 0 Å². The van der Waals surface area contributed by atoms with E-state index in [4.69, 9.17) is 0 Å². The lowest BCUT2D eigenvalue weighted by atomic mass is 10.1. The van der Waals surface area contributed by atoms with Gasteiger partial charge >= 0.3 is 0 Å². The minimum absolute atomic E-state index is 0.00473. The molecule has 3 rings (SSSR count). The Kier molecular flexibility index (Phi) is 3.96. The van der Waals surface area contributed by atoms with Crippen molar-refractivity contribution in [2.45, 2.75) is 19.4 Å². The molecule has 0 aliphatic rings. The maximum atomic E-state index is 12.4. The van der Waals surface area contributed by atoms with Crippen molar-refractivity contribution in [3.05, 3.63) is 71.9 Å². The maximum absolute atomic E-state index is 12.4. The number of nitrogens with one attached hydrogen (secondary N) is 1. The van der Waals surface area contributed by atoms with Crippen molar-refractivity contribution in [3.8, 4) is 0 Å². The molecule has 1 atom stereocenters. The highest BCUT2D eigenvalue weighted by molar-refractivity contribution is 5.94. The molecule has 1 heterocycles. The van der Waals surface area contributed by atoms with Gasteiger partial charge in [-0.2, -0.15) is 0 Å². The summed E-state index contributed by atoms with van der Waals surface area (Å²) >= 11 is 0. The molecular weight excluding hydrogens is 272 g/mol. The number of hydrogen-bond donors (Lipinski definition) is 1. The number of para-hydroxylation sites is 1. The molecule has 3 nitrogen and oxygen atoms in total. The van der Waals surface area contributed by atoms with Gasteiger partial charge in [-0.15, -0.1) is 0 Å². The Morgan fingerprint density at radius 1 is 1.09 bits per heavy atom. The van der Waals surface area contributed by atoms with Crippen molar-refractivity contribution in [3.63, 3.8) is 0 Å². The van der Waals surface area contributed by atoms with Crippen LogP contribution in [0.2, 0.25) is 0 Å². The van der Waals surface area contributed by atoms with Crippen molar-refractivity contribution in [1.29, 1.82) is 0 Å². The lowest BCUT2D eigenvalue weighted by Gasteiger charge is -2.18. The van der Waals surface area contributed by atoms with Gasteiger partial charge in [-0.25, -0.2) is 0 Å². The summed E-state index contributed by atoms with van der Waals surface area (Å²) < 4.78 is 2.16. The van der Waals surface area contributed by atoms with Crippen molar-refractivity contribution in [2.75, 3.05) is 0 Å². The number of rotatable bonds is 4. The number of carbonyl (C=O) groups excluding carboxylic acids is 1. The van der Waals surface area contributed by atoms with Gasteiger partial charge in [0.25, 0.3) is 5.91 Å². The van der Waals surface area contributed by atoms with Gasteiger partial charge in [0.15, 0.2) is 0 Å². The van der Waals surface area contributed by atoms with Gasteiger partial charge in [-0.3, -0.25) is 4.79 Å². The summed E-state index contributed by atoms with van der Waals surface area (Å²) in [4.78, 5) is 12.4. The van der Waals surface area contributed by atoms with E-state index in [9.17, 15) is 4.79 Å². The predicted molar refractivity (Wildman–Crippen MR) is 89.9 cm³/mol. The average Bonchev–Trinajstić information content (AvgIpc) is 2.90. The van der Waals surface area contributed by atoms with Crippen LogP contribution in [0.1, 0.15) is 35.4 Å². The molecule has 22 heavy (non-hydrogen) atoms. The molecule has 0 saturated carbocycles. The van der Waals surface area contributed by atoms with Gasteiger partial charge in [0.2, 0.25) is 0 Å². The summed E-state index contributed by atoms with van der Waals surface area (Å²) in [6, 6.07) is 19.8. The normalized spacial score (nSPS) is 12.3. The van der Waals surface area contributed by atoms with Gasteiger partial charge in [-0.1, -0.05) is 43.3 Å². The lowest BCUT2D eigenvalue weighted by molar-refractivity contribution is 0.0934. The van der Waals surface area contributed by atoms with Gasteiger partial charge in [0, 0.05) is 23.8 Å². The monoisotopic (exact) mass is 292 g/mol. The fraction of sp³-hybridized carbons (Fsp3) is 0.211. The average molecular weight is 292 g/mol. The minimum atomic E-state index is -0.0299. The molecule has 0 aliphatic carbocycles. The number of hydrogen-bond acceptors (Lipinski definition) is 1. The zero-order chi connectivity index (χ0) is 15.5. The third-order valence-electron chi connectivity index (χ3n) is 4.10. The molecule has 0 aliphatic heterocycles. The Bertz CT molecular complexity index is 790. The van der Waals surface area contributed by atoms with Crippen LogP contribution in [-0.4, -0.2) is 10.5 Å². The standard InChI is InChI=1S/C19H20N2O/c1-3-16(20-19(22)14-9-5-4-6-10-14)18-13-15-11-7-8-12-17(15)21(18)2/h4-13,16H,3H2,1-2H3,(H,20,22)/t16-/m0/s1. The van der Waals surface area contributed by atoms with Crippen LogP contribution in [0.4, 0.5) is 0 Å². The Balaban J connectivity index is 1.90. The highest BCUT2D eigenvalue weighted by Crippen LogP contribution is 2.25. The van der Waals surface area contributed by atoms with Crippen LogP contribution in [0.15, 0.2) is 60.7 Å². The molecular formula is C19H20N2O. The topological polar surface area (TPSA) is 34.0 Å². The fourth-order valence-electron chi connectivity index (χ4n) is 2.86. The molecule has 0 spiro atoms. The van der Waals surface area contributed by atoms with Gasteiger partial charge in [-0.05, 0) is 36.1 Å². The third kappa shape index (κ3) is 2.62. The maximum Gasteiger partial charge on any atom is 0.251 e. The summed E-state index contributed by atoms with van der Waals surface area (Å²) in [5, 5.41) is 4.34. The van der Waals surface area contributed by atoms with E-state index < -0.39 is 0 Å². The molecule has 2 aromatic carbocycles. The molecule has 0 fully saturated rings. The lowest BCUT2D eigenvalue weighted by Crippen LogP contribution is -2.29. The second-order valence-electron chi connectivity index (χ2n) is 5.49. The molecule has 0 bridgehead atoms. The van der Waals surface area contributed by atoms with E-state index in [1.165, 1.54) is 10.9 Å². The number of carbonyl (C=O) groups is 1. The van der Waals surface area contributed by atoms with E-state index in [1.807, 2.05) is 42.5 Å². The number of nitrogens with zero attached hydrogens (tertiary/aromatic N) is 1. The van der Waals surface area contributed by atoms with Gasteiger partial charge in [0.1, 0.15) is 0 Å². The summed E-state index contributed by atoms with van der Waals surface area (Å²) in [5.41, 5.74) is 3.01. The van der Waals surface area contributed by atoms with Crippen LogP contribution in [0.5, 0.6) is 0 Å². The highest BCUT2D eigenvalue weighted by atomic mass is 16.1. The molecule has 1 N–H and O–H groups in total. The Morgan fingerprint density at radius 3 is 2.45 bits per heavy atom. The van der Waals surface area contributed by atoms with Crippen molar-refractivity contribution in [1.82, 2.24) is 9.88 Å². The van der Waals surface area contributed by atoms with E-state index in [2.05, 4.69) is 42.1 Å². The van der Waals surface area contributed by atoms with E-state index in [0.717, 1.165) is 12.1 Å². The largest absolute Gasteiger partial charge is 0.346 e. The van der Waals surface area contributed by atoms with Crippen molar-refractivity contribution in [2.24, 2.45) is 7.05 Å². The minimum Gasteiger partial charge on any atom is -0.346 e. The summed E-state index contributed by atoms with van der Waals surface area (Å²) in [7, 11) is 2.05. The van der Waals surface area contributed by atoms with Crippen molar-refractivity contribution < 1.29 is 4.79 Å². The Hall–Kier alpha value is -2.55. The van der Waals surface area contributed by atoms with Crippen LogP contribution in [0.25, 0.3) is 10.9 Å². The molecule has 1 aromatic heterocycles. The number of aryl methyl sites for hydroxylation is 1. The fourth-order valence-corrected chi connectivity index (χ4v) is 2.86. The smallest absolute Gasteiger partial charge is 0.251 e. The number of amides is 1. The van der Waals surface area contributed by atoms with Crippen LogP contribution in [-0.2, 0) is 7.05 Å². The highest BCUT2D eigenvalue weighted by Gasteiger charge is 2.18. The second-order valence-corrected chi connectivity index (χ2v) is 5.49. The molecule has 1 amide bonds. The summed E-state index contributed by atoms with van der Waals surface area (Å²) in [6.45, 7) is 2.09. The second kappa shape index (κ2) is 6.06. The van der Waals surface area contributed by atoms with E-state index in [-0.39, 0.29) is 11.9 Å². The predicted octanol–water partition coefficient (Wildman–Crippen LogP) is 4.06. The number of fused-ring (bicyclic) bond motifs is 1. The summed E-state index contributed by atoms with van der Waals surface area (Å²) in [6.07, 6.45) is 0.850. The molecule has 3 heteroatoms. The quantitative estimate of drug-likeness (QED) is 0.773. The first kappa shape index (κ1) is 14.4. The first-order valence-corrected chi connectivity index (χ1v) is 7.61. The van der Waals surface area contributed by atoms with Gasteiger partial charge < -0.3 is 9.88 Å². The number of benzene rings is 2. The van der Waals surface area contributed by atoms with E-state index >= 15 is 0 Å². The van der Waals surface area contributed by atoms with Crippen LogP contribution < -0.4 is 5.32 Å². The third-order valence-corrected chi connectivity index (χ3v) is 4.10. The van der Waals surface area contributed by atoms with E-state index in [0.29, 0.717) is 5.56 Å². The Labute approximate surface area is 130 Å². The van der Waals surface area contributed by atoms with Crippen LogP contribution in [0.3, 0.4) is 0 Å². The van der Waals surface area contributed by atoms with Crippen LogP contribution in [0, 0.1) is 0 Å². The first-order chi connectivity index (χ1) is 10.7. The summed E-state index contributed by atoms with van der Waals surface area (Å²) in [5.74, 6) is -0.0299. The molecule has 112 valence electrons.